The van der Waals surface area contributed by atoms with Crippen molar-refractivity contribution in [1.82, 2.24) is 10.2 Å². The van der Waals surface area contributed by atoms with Crippen LogP contribution < -0.4 is 5.32 Å². The maximum atomic E-state index is 12.4. The third kappa shape index (κ3) is 3.20. The lowest BCUT2D eigenvalue weighted by molar-refractivity contribution is -0.129. The molecule has 1 fully saturated rings. The predicted octanol–water partition coefficient (Wildman–Crippen LogP) is 2.43. The van der Waals surface area contributed by atoms with Crippen molar-refractivity contribution < 1.29 is 9.59 Å². The molecule has 0 bridgehead atoms. The van der Waals surface area contributed by atoms with Crippen molar-refractivity contribution in [2.75, 3.05) is 13.6 Å². The topological polar surface area (TPSA) is 49.4 Å². The SMILES string of the molecule is CN1C[C@H](C(=O)N[C@H](c2cccs2)C(C)(C)C)CC1=O. The van der Waals surface area contributed by atoms with E-state index in [0.717, 1.165) is 4.88 Å². The van der Waals surface area contributed by atoms with E-state index < -0.39 is 0 Å². The summed E-state index contributed by atoms with van der Waals surface area (Å²) in [5.41, 5.74) is -0.0605. The maximum Gasteiger partial charge on any atom is 0.225 e. The molecule has 1 aromatic rings. The summed E-state index contributed by atoms with van der Waals surface area (Å²) in [5, 5.41) is 5.16. The summed E-state index contributed by atoms with van der Waals surface area (Å²) in [6, 6.07) is 4.03. The Hall–Kier alpha value is -1.36. The summed E-state index contributed by atoms with van der Waals surface area (Å²) in [7, 11) is 1.75. The van der Waals surface area contributed by atoms with Gasteiger partial charge in [0.2, 0.25) is 11.8 Å². The summed E-state index contributed by atoms with van der Waals surface area (Å²) < 4.78 is 0. The van der Waals surface area contributed by atoms with Gasteiger partial charge in [0.05, 0.1) is 12.0 Å². The van der Waals surface area contributed by atoms with Crippen LogP contribution in [0.4, 0.5) is 0 Å². The zero-order chi connectivity index (χ0) is 14.9. The molecule has 2 amide bonds. The van der Waals surface area contributed by atoms with Crippen molar-refractivity contribution in [3.8, 4) is 0 Å². The minimum Gasteiger partial charge on any atom is -0.348 e. The molecule has 0 aliphatic carbocycles. The van der Waals surface area contributed by atoms with Crippen LogP contribution >= 0.6 is 11.3 Å². The highest BCUT2D eigenvalue weighted by Crippen LogP contribution is 2.35. The van der Waals surface area contributed by atoms with Gasteiger partial charge in [0, 0.05) is 24.9 Å². The first-order chi connectivity index (χ1) is 9.29. The number of rotatable bonds is 3. The van der Waals surface area contributed by atoms with E-state index in [1.54, 1.807) is 23.3 Å². The van der Waals surface area contributed by atoms with Crippen LogP contribution in [0.15, 0.2) is 17.5 Å². The van der Waals surface area contributed by atoms with Gasteiger partial charge in [0.15, 0.2) is 0 Å². The molecule has 1 aliphatic rings. The van der Waals surface area contributed by atoms with Gasteiger partial charge in [-0.3, -0.25) is 9.59 Å². The minimum absolute atomic E-state index is 0.0176. The molecule has 20 heavy (non-hydrogen) atoms. The lowest BCUT2D eigenvalue weighted by Gasteiger charge is -2.31. The Labute approximate surface area is 124 Å². The van der Waals surface area contributed by atoms with Gasteiger partial charge in [-0.25, -0.2) is 0 Å². The van der Waals surface area contributed by atoms with Crippen molar-refractivity contribution in [2.45, 2.75) is 33.2 Å². The summed E-state index contributed by atoms with van der Waals surface area (Å²) in [6.07, 6.45) is 0.323. The fourth-order valence-corrected chi connectivity index (χ4v) is 3.49. The van der Waals surface area contributed by atoms with Crippen LogP contribution in [0.3, 0.4) is 0 Å². The van der Waals surface area contributed by atoms with Gasteiger partial charge in [0.1, 0.15) is 0 Å². The van der Waals surface area contributed by atoms with Crippen LogP contribution in [0.2, 0.25) is 0 Å². The van der Waals surface area contributed by atoms with E-state index in [-0.39, 0.29) is 29.2 Å². The number of hydrogen-bond acceptors (Lipinski definition) is 3. The molecule has 5 heteroatoms. The molecule has 1 saturated heterocycles. The molecule has 1 aromatic heterocycles. The van der Waals surface area contributed by atoms with Crippen molar-refractivity contribution in [2.24, 2.45) is 11.3 Å². The van der Waals surface area contributed by atoms with E-state index in [4.69, 9.17) is 0 Å². The molecule has 2 heterocycles. The standard InChI is InChI=1S/C15H22N2O2S/c1-15(2,3)13(11-6-5-7-20-11)16-14(19)10-8-12(18)17(4)9-10/h5-7,10,13H,8-9H2,1-4H3,(H,16,19)/t10-,13-/m1/s1. The third-order valence-electron chi connectivity index (χ3n) is 3.69. The summed E-state index contributed by atoms with van der Waals surface area (Å²) in [4.78, 5) is 26.7. The fourth-order valence-electron chi connectivity index (χ4n) is 2.47. The Balaban J connectivity index is 2.09. The number of likely N-dealkylation sites (tertiary alicyclic amines) is 1. The molecule has 0 saturated carbocycles. The molecular weight excluding hydrogens is 272 g/mol. The molecule has 1 aliphatic heterocycles. The van der Waals surface area contributed by atoms with Crippen LogP contribution in [0.5, 0.6) is 0 Å². The molecule has 4 nitrogen and oxygen atoms in total. The molecular formula is C15H22N2O2S. The Kier molecular flexibility index (Phi) is 4.18. The Morgan fingerprint density at radius 3 is 2.65 bits per heavy atom. The van der Waals surface area contributed by atoms with E-state index >= 15 is 0 Å². The van der Waals surface area contributed by atoms with Crippen molar-refractivity contribution >= 4 is 23.2 Å². The largest absolute Gasteiger partial charge is 0.348 e. The van der Waals surface area contributed by atoms with Gasteiger partial charge in [0.25, 0.3) is 0 Å². The Morgan fingerprint density at radius 1 is 1.50 bits per heavy atom. The second-order valence-electron chi connectivity index (χ2n) is 6.50. The second-order valence-corrected chi connectivity index (χ2v) is 7.48. The molecule has 2 atom stereocenters. The van der Waals surface area contributed by atoms with Crippen LogP contribution in [-0.4, -0.2) is 30.3 Å². The highest BCUT2D eigenvalue weighted by Gasteiger charge is 2.35. The number of carbonyl (C=O) groups is 2. The lowest BCUT2D eigenvalue weighted by atomic mass is 9.85. The molecule has 110 valence electrons. The van der Waals surface area contributed by atoms with Crippen LogP contribution in [0.1, 0.15) is 38.1 Å². The lowest BCUT2D eigenvalue weighted by Crippen LogP contribution is -2.40. The summed E-state index contributed by atoms with van der Waals surface area (Å²) in [5.74, 6) is -0.193. The molecule has 0 radical (unpaired) electrons. The predicted molar refractivity (Wildman–Crippen MR) is 80.4 cm³/mol. The van der Waals surface area contributed by atoms with Crippen LogP contribution in [0.25, 0.3) is 0 Å². The molecule has 0 aromatic carbocycles. The zero-order valence-corrected chi connectivity index (χ0v) is 13.3. The van der Waals surface area contributed by atoms with E-state index in [9.17, 15) is 9.59 Å². The van der Waals surface area contributed by atoms with Gasteiger partial charge in [-0.1, -0.05) is 26.8 Å². The highest BCUT2D eigenvalue weighted by atomic mass is 32.1. The molecule has 2 rings (SSSR count). The quantitative estimate of drug-likeness (QED) is 0.931. The van der Waals surface area contributed by atoms with Crippen LogP contribution in [0, 0.1) is 11.3 Å². The number of nitrogens with one attached hydrogen (secondary N) is 1. The molecule has 1 N–H and O–H groups in total. The van der Waals surface area contributed by atoms with Gasteiger partial charge < -0.3 is 10.2 Å². The van der Waals surface area contributed by atoms with Gasteiger partial charge in [-0.2, -0.15) is 0 Å². The number of hydrogen-bond donors (Lipinski definition) is 1. The normalized spacial score (nSPS) is 21.1. The Bertz CT molecular complexity index is 490. The first kappa shape index (κ1) is 15.0. The average Bonchev–Trinajstić information content (AvgIpc) is 2.95. The van der Waals surface area contributed by atoms with Gasteiger partial charge in [-0.15, -0.1) is 11.3 Å². The Morgan fingerprint density at radius 2 is 2.20 bits per heavy atom. The summed E-state index contributed by atoms with van der Waals surface area (Å²) >= 11 is 1.65. The average molecular weight is 294 g/mol. The first-order valence-electron chi connectivity index (χ1n) is 6.87. The molecule has 0 unspecified atom stereocenters. The number of carbonyl (C=O) groups excluding carboxylic acids is 2. The van der Waals surface area contributed by atoms with E-state index in [1.165, 1.54) is 0 Å². The third-order valence-corrected chi connectivity index (χ3v) is 4.63. The minimum atomic E-state index is -0.225. The van der Waals surface area contributed by atoms with Gasteiger partial charge in [-0.05, 0) is 16.9 Å². The first-order valence-corrected chi connectivity index (χ1v) is 7.74. The monoisotopic (exact) mass is 294 g/mol. The maximum absolute atomic E-state index is 12.4. The summed E-state index contributed by atoms with van der Waals surface area (Å²) in [6.45, 7) is 6.86. The zero-order valence-electron chi connectivity index (χ0n) is 12.5. The molecule has 0 spiro atoms. The van der Waals surface area contributed by atoms with Crippen molar-refractivity contribution in [3.63, 3.8) is 0 Å². The fraction of sp³-hybridized carbons (Fsp3) is 0.600. The van der Waals surface area contributed by atoms with Gasteiger partial charge >= 0.3 is 0 Å². The van der Waals surface area contributed by atoms with E-state index in [2.05, 4.69) is 26.1 Å². The van der Waals surface area contributed by atoms with Crippen LogP contribution in [-0.2, 0) is 9.59 Å². The van der Waals surface area contributed by atoms with Crippen molar-refractivity contribution in [3.05, 3.63) is 22.4 Å². The number of amides is 2. The van der Waals surface area contributed by atoms with E-state index in [1.807, 2.05) is 17.5 Å². The smallest absolute Gasteiger partial charge is 0.225 e. The second kappa shape index (κ2) is 5.56. The number of thiophene rings is 1. The van der Waals surface area contributed by atoms with E-state index in [0.29, 0.717) is 13.0 Å². The number of nitrogens with zero attached hydrogens (tertiary/aromatic N) is 1. The van der Waals surface area contributed by atoms with Crippen molar-refractivity contribution in [1.29, 1.82) is 0 Å². The highest BCUT2D eigenvalue weighted by molar-refractivity contribution is 7.10.